The van der Waals surface area contributed by atoms with Gasteiger partial charge in [-0.15, -0.1) is 0 Å². The van der Waals surface area contributed by atoms with Gasteiger partial charge in [0.05, 0.1) is 18.7 Å². The van der Waals surface area contributed by atoms with Crippen LogP contribution in [-0.2, 0) is 4.79 Å². The van der Waals surface area contributed by atoms with E-state index in [1.54, 1.807) is 24.3 Å². The Labute approximate surface area is 98.0 Å². The van der Waals surface area contributed by atoms with E-state index >= 15 is 0 Å². The molecule has 2 unspecified atom stereocenters. The predicted octanol–water partition coefficient (Wildman–Crippen LogP) is -0.236. The van der Waals surface area contributed by atoms with Crippen molar-refractivity contribution in [2.24, 2.45) is 10.9 Å². The number of benzene rings is 1. The third-order valence-corrected chi connectivity index (χ3v) is 2.29. The maximum atomic E-state index is 10.6. The molecular weight excluding hydrogens is 224 g/mol. The number of nitrogens with zero attached hydrogens (tertiary/aromatic N) is 1. The summed E-state index contributed by atoms with van der Waals surface area (Å²) in [5.74, 6) is -0.704. The molecule has 0 aromatic heterocycles. The Kier molecular flexibility index (Phi) is 4.62. The summed E-state index contributed by atoms with van der Waals surface area (Å²) in [5.41, 5.74) is 5.74. The van der Waals surface area contributed by atoms with E-state index in [1.807, 2.05) is 0 Å². The highest BCUT2D eigenvalue weighted by atomic mass is 16.4. The second-order valence-electron chi connectivity index (χ2n) is 3.56. The number of primary amides is 1. The van der Waals surface area contributed by atoms with Gasteiger partial charge in [-0.05, 0) is 5.56 Å². The molecule has 0 spiro atoms. The topological polar surface area (TPSA) is 116 Å². The fourth-order valence-electron chi connectivity index (χ4n) is 1.49. The first-order valence-electron chi connectivity index (χ1n) is 4.97. The molecule has 2 atom stereocenters. The molecule has 0 radical (unpaired) electrons. The molecule has 6 heteroatoms. The number of carbonyl (C=O) groups is 1. The summed E-state index contributed by atoms with van der Waals surface area (Å²) in [6.07, 6.45) is -1.76. The fraction of sp³-hybridized carbons (Fsp3) is 0.273. The van der Waals surface area contributed by atoms with Gasteiger partial charge >= 0.3 is 0 Å². The van der Waals surface area contributed by atoms with Crippen LogP contribution in [0.15, 0.2) is 29.4 Å². The summed E-state index contributed by atoms with van der Waals surface area (Å²) < 4.78 is 0. The van der Waals surface area contributed by atoms with E-state index in [4.69, 9.17) is 10.9 Å². The van der Waals surface area contributed by atoms with Crippen molar-refractivity contribution in [3.63, 3.8) is 0 Å². The van der Waals surface area contributed by atoms with E-state index in [9.17, 15) is 15.0 Å². The largest absolute Gasteiger partial charge is 0.411 e. The molecule has 0 saturated heterocycles. The van der Waals surface area contributed by atoms with Gasteiger partial charge < -0.3 is 21.2 Å². The van der Waals surface area contributed by atoms with Crippen LogP contribution in [0.1, 0.15) is 23.7 Å². The van der Waals surface area contributed by atoms with Gasteiger partial charge in [-0.1, -0.05) is 29.4 Å². The number of carbonyl (C=O) groups excluding carboxylic acids is 1. The summed E-state index contributed by atoms with van der Waals surface area (Å²) >= 11 is 0. The van der Waals surface area contributed by atoms with Crippen LogP contribution >= 0.6 is 0 Å². The zero-order chi connectivity index (χ0) is 12.8. The SMILES string of the molecule is NC(=O)CC(O)C(O)c1ccccc1C=NO. The lowest BCUT2D eigenvalue weighted by atomic mass is 9.97. The number of aliphatic hydroxyl groups is 2. The van der Waals surface area contributed by atoms with Crippen molar-refractivity contribution in [2.45, 2.75) is 18.6 Å². The fourth-order valence-corrected chi connectivity index (χ4v) is 1.49. The average Bonchev–Trinajstić information content (AvgIpc) is 2.28. The number of rotatable bonds is 5. The third-order valence-electron chi connectivity index (χ3n) is 2.29. The van der Waals surface area contributed by atoms with Crippen molar-refractivity contribution >= 4 is 12.1 Å². The lowest BCUT2D eigenvalue weighted by Crippen LogP contribution is -2.26. The Morgan fingerprint density at radius 1 is 1.41 bits per heavy atom. The van der Waals surface area contributed by atoms with Gasteiger partial charge in [0.25, 0.3) is 0 Å². The highest BCUT2D eigenvalue weighted by molar-refractivity contribution is 5.81. The molecule has 6 nitrogen and oxygen atoms in total. The number of hydrogen-bond acceptors (Lipinski definition) is 5. The first kappa shape index (κ1) is 13.1. The van der Waals surface area contributed by atoms with Crippen molar-refractivity contribution in [1.29, 1.82) is 0 Å². The highest BCUT2D eigenvalue weighted by Crippen LogP contribution is 2.21. The molecule has 5 N–H and O–H groups in total. The Bertz CT molecular complexity index is 420. The Morgan fingerprint density at radius 2 is 2.06 bits per heavy atom. The van der Waals surface area contributed by atoms with E-state index in [1.165, 1.54) is 0 Å². The van der Waals surface area contributed by atoms with E-state index in [0.717, 1.165) is 6.21 Å². The zero-order valence-corrected chi connectivity index (χ0v) is 9.02. The van der Waals surface area contributed by atoms with Crippen LogP contribution in [0.5, 0.6) is 0 Å². The molecule has 1 aromatic carbocycles. The van der Waals surface area contributed by atoms with Crippen molar-refractivity contribution in [1.82, 2.24) is 0 Å². The van der Waals surface area contributed by atoms with Gasteiger partial charge in [0, 0.05) is 5.56 Å². The summed E-state index contributed by atoms with van der Waals surface area (Å²) in [6.45, 7) is 0. The molecule has 1 rings (SSSR count). The lowest BCUT2D eigenvalue weighted by molar-refractivity contribution is -0.121. The maximum absolute atomic E-state index is 10.6. The molecule has 1 aromatic rings. The second kappa shape index (κ2) is 5.97. The van der Waals surface area contributed by atoms with E-state index in [2.05, 4.69) is 5.16 Å². The van der Waals surface area contributed by atoms with Crippen LogP contribution in [0.2, 0.25) is 0 Å². The average molecular weight is 238 g/mol. The monoisotopic (exact) mass is 238 g/mol. The van der Waals surface area contributed by atoms with Gasteiger partial charge in [-0.2, -0.15) is 0 Å². The predicted molar refractivity (Wildman–Crippen MR) is 60.6 cm³/mol. The molecule has 0 aliphatic heterocycles. The lowest BCUT2D eigenvalue weighted by Gasteiger charge is -2.18. The first-order chi connectivity index (χ1) is 8.06. The standard InChI is InChI=1S/C11H14N2O4/c12-10(15)5-9(14)11(16)8-4-2-1-3-7(8)6-13-17/h1-4,6,9,11,14,16-17H,5H2,(H2,12,15). The van der Waals surface area contributed by atoms with Gasteiger partial charge in [0.2, 0.25) is 5.91 Å². The van der Waals surface area contributed by atoms with E-state index in [0.29, 0.717) is 11.1 Å². The van der Waals surface area contributed by atoms with Crippen molar-refractivity contribution < 1.29 is 20.2 Å². The zero-order valence-electron chi connectivity index (χ0n) is 9.02. The highest BCUT2D eigenvalue weighted by Gasteiger charge is 2.22. The minimum Gasteiger partial charge on any atom is -0.411 e. The smallest absolute Gasteiger partial charge is 0.220 e. The van der Waals surface area contributed by atoms with Crippen molar-refractivity contribution in [3.05, 3.63) is 35.4 Å². The van der Waals surface area contributed by atoms with Crippen LogP contribution in [0.25, 0.3) is 0 Å². The minimum atomic E-state index is -1.29. The maximum Gasteiger partial charge on any atom is 0.220 e. The molecule has 0 heterocycles. The minimum absolute atomic E-state index is 0.341. The molecule has 0 bridgehead atoms. The molecule has 1 amide bonds. The van der Waals surface area contributed by atoms with Crippen LogP contribution < -0.4 is 5.73 Å². The van der Waals surface area contributed by atoms with Crippen LogP contribution in [0.4, 0.5) is 0 Å². The van der Waals surface area contributed by atoms with Gasteiger partial charge in [0.1, 0.15) is 6.10 Å². The van der Waals surface area contributed by atoms with Crippen molar-refractivity contribution in [3.8, 4) is 0 Å². The summed E-state index contributed by atoms with van der Waals surface area (Å²) in [7, 11) is 0. The number of nitrogens with two attached hydrogens (primary N) is 1. The molecule has 0 aliphatic rings. The normalized spacial score (nSPS) is 14.7. The number of aliphatic hydroxyl groups excluding tert-OH is 2. The summed E-state index contributed by atoms with van der Waals surface area (Å²) in [6, 6.07) is 6.51. The molecule has 0 fully saturated rings. The number of hydrogen-bond donors (Lipinski definition) is 4. The number of amides is 1. The van der Waals surface area contributed by atoms with Crippen LogP contribution in [0.3, 0.4) is 0 Å². The van der Waals surface area contributed by atoms with E-state index in [-0.39, 0.29) is 6.42 Å². The molecule has 0 aliphatic carbocycles. The quantitative estimate of drug-likeness (QED) is 0.322. The van der Waals surface area contributed by atoms with Gasteiger partial charge in [-0.25, -0.2) is 0 Å². The summed E-state index contributed by atoms with van der Waals surface area (Å²) in [5, 5.41) is 30.7. The molecule has 92 valence electrons. The molecular formula is C11H14N2O4. The Hall–Kier alpha value is -1.92. The van der Waals surface area contributed by atoms with Gasteiger partial charge in [0.15, 0.2) is 0 Å². The molecule has 17 heavy (non-hydrogen) atoms. The van der Waals surface area contributed by atoms with Crippen LogP contribution in [-0.4, -0.2) is 33.6 Å². The van der Waals surface area contributed by atoms with Gasteiger partial charge in [-0.3, -0.25) is 4.79 Å². The Balaban J connectivity index is 2.94. The first-order valence-corrected chi connectivity index (χ1v) is 4.97. The Morgan fingerprint density at radius 3 is 2.65 bits per heavy atom. The van der Waals surface area contributed by atoms with Crippen molar-refractivity contribution in [2.75, 3.05) is 0 Å². The second-order valence-corrected chi connectivity index (χ2v) is 3.56. The molecule has 0 saturated carbocycles. The van der Waals surface area contributed by atoms with Crippen LogP contribution in [0, 0.1) is 0 Å². The number of oxime groups is 1. The van der Waals surface area contributed by atoms with E-state index < -0.39 is 18.1 Å². The third kappa shape index (κ3) is 3.54. The summed E-state index contributed by atoms with van der Waals surface area (Å²) in [4.78, 5) is 10.6.